The molecule has 1 aromatic carbocycles. The molecule has 2 aliphatic heterocycles. The van der Waals surface area contributed by atoms with Crippen LogP contribution in [0.5, 0.6) is 0 Å². The minimum atomic E-state index is -3.47. The molecule has 1 aromatic rings. The topological polar surface area (TPSA) is 78.5 Å². The minimum Gasteiger partial charge on any atom is -0.354 e. The van der Waals surface area contributed by atoms with Crippen LogP contribution in [0.4, 0.5) is 0 Å². The van der Waals surface area contributed by atoms with Gasteiger partial charge < -0.3 is 10.6 Å². The number of nitrogens with one attached hydrogen (secondary N) is 2. The molecule has 8 heteroatoms. The summed E-state index contributed by atoms with van der Waals surface area (Å²) in [6.45, 7) is 4.56. The van der Waals surface area contributed by atoms with Gasteiger partial charge in [-0.05, 0) is 62.3 Å². The number of halogens is 1. The zero-order valence-electron chi connectivity index (χ0n) is 16.5. The zero-order valence-corrected chi connectivity index (χ0v) is 18.2. The Morgan fingerprint density at radius 3 is 2.61 bits per heavy atom. The molecule has 2 aliphatic rings. The summed E-state index contributed by atoms with van der Waals surface area (Å²) in [6, 6.07) is 7.17. The number of sulfonamides is 1. The fraction of sp³-hybridized carbons (Fsp3) is 0.650. The number of carbonyl (C=O) groups excluding carboxylic acids is 1. The first-order valence-electron chi connectivity index (χ1n) is 10.1. The third kappa shape index (κ3) is 5.69. The number of nitrogens with zero attached hydrogens (tertiary/aromatic N) is 1. The molecule has 2 fully saturated rings. The zero-order chi connectivity index (χ0) is 19.3. The molecule has 3 rings (SSSR count). The Balaban J connectivity index is 0.00000280. The van der Waals surface area contributed by atoms with E-state index < -0.39 is 10.0 Å². The van der Waals surface area contributed by atoms with Crippen LogP contribution in [0.3, 0.4) is 0 Å². The van der Waals surface area contributed by atoms with Gasteiger partial charge in [-0.3, -0.25) is 4.79 Å². The maximum Gasteiger partial charge on any atom is 0.243 e. The van der Waals surface area contributed by atoms with Crippen LogP contribution < -0.4 is 10.6 Å². The highest BCUT2D eigenvalue weighted by Gasteiger charge is 2.31. The normalized spacial score (nSPS) is 23.2. The number of hydrogen-bond acceptors (Lipinski definition) is 4. The van der Waals surface area contributed by atoms with Gasteiger partial charge in [-0.15, -0.1) is 12.4 Å². The number of carbonyl (C=O) groups is 1. The lowest BCUT2D eigenvalue weighted by Crippen LogP contribution is -2.46. The Bertz CT molecular complexity index is 734. The van der Waals surface area contributed by atoms with Gasteiger partial charge in [0.15, 0.2) is 0 Å². The van der Waals surface area contributed by atoms with Crippen LogP contribution in [0.15, 0.2) is 29.2 Å². The predicted octanol–water partition coefficient (Wildman–Crippen LogP) is 2.33. The van der Waals surface area contributed by atoms with Gasteiger partial charge in [-0.25, -0.2) is 8.42 Å². The van der Waals surface area contributed by atoms with Crippen LogP contribution in [0.2, 0.25) is 0 Å². The van der Waals surface area contributed by atoms with Gasteiger partial charge in [0.2, 0.25) is 15.9 Å². The highest BCUT2D eigenvalue weighted by atomic mass is 35.5. The lowest BCUT2D eigenvalue weighted by Gasteiger charge is -2.32. The van der Waals surface area contributed by atoms with Crippen molar-refractivity contribution in [3.8, 4) is 0 Å². The van der Waals surface area contributed by atoms with Gasteiger partial charge in [0.1, 0.15) is 0 Å². The SMILES string of the molecule is CCCc1ccc(S(=O)(=O)N2CCCC(CNC(=O)C3CCCN3)C2)cc1.Cl. The second-order valence-corrected chi connectivity index (χ2v) is 9.60. The van der Waals surface area contributed by atoms with Crippen LogP contribution >= 0.6 is 12.4 Å². The molecule has 2 saturated heterocycles. The molecule has 0 aromatic heterocycles. The molecule has 28 heavy (non-hydrogen) atoms. The summed E-state index contributed by atoms with van der Waals surface area (Å²) < 4.78 is 27.5. The number of piperidine rings is 1. The van der Waals surface area contributed by atoms with Gasteiger partial charge in [-0.1, -0.05) is 25.5 Å². The van der Waals surface area contributed by atoms with E-state index in [0.717, 1.165) is 50.6 Å². The van der Waals surface area contributed by atoms with E-state index in [2.05, 4.69) is 17.6 Å². The Morgan fingerprint density at radius 2 is 1.96 bits per heavy atom. The van der Waals surface area contributed by atoms with Crippen molar-refractivity contribution in [2.24, 2.45) is 5.92 Å². The van der Waals surface area contributed by atoms with Gasteiger partial charge in [0.25, 0.3) is 0 Å². The van der Waals surface area contributed by atoms with E-state index in [1.807, 2.05) is 12.1 Å². The molecule has 0 bridgehead atoms. The summed E-state index contributed by atoms with van der Waals surface area (Å²) in [5.41, 5.74) is 1.16. The summed E-state index contributed by atoms with van der Waals surface area (Å²) in [4.78, 5) is 12.5. The number of amides is 1. The third-order valence-corrected chi connectivity index (χ3v) is 7.40. The Kier molecular flexibility index (Phi) is 8.74. The van der Waals surface area contributed by atoms with Crippen molar-refractivity contribution in [3.63, 3.8) is 0 Å². The largest absolute Gasteiger partial charge is 0.354 e. The fourth-order valence-electron chi connectivity index (χ4n) is 3.95. The molecule has 0 aliphatic carbocycles. The smallest absolute Gasteiger partial charge is 0.243 e. The summed E-state index contributed by atoms with van der Waals surface area (Å²) in [7, 11) is -3.47. The predicted molar refractivity (Wildman–Crippen MR) is 113 cm³/mol. The van der Waals surface area contributed by atoms with Gasteiger partial charge in [0.05, 0.1) is 10.9 Å². The molecule has 2 heterocycles. The van der Waals surface area contributed by atoms with E-state index in [1.54, 1.807) is 16.4 Å². The minimum absolute atomic E-state index is 0. The Hall–Kier alpha value is -1.15. The van der Waals surface area contributed by atoms with Crippen LogP contribution in [-0.4, -0.2) is 50.9 Å². The van der Waals surface area contributed by atoms with E-state index in [-0.39, 0.29) is 30.3 Å². The van der Waals surface area contributed by atoms with Crippen molar-refractivity contribution < 1.29 is 13.2 Å². The van der Waals surface area contributed by atoms with Crippen molar-refractivity contribution in [2.45, 2.75) is 56.4 Å². The number of hydrogen-bond donors (Lipinski definition) is 2. The Morgan fingerprint density at radius 1 is 1.21 bits per heavy atom. The lowest BCUT2D eigenvalue weighted by atomic mass is 9.99. The van der Waals surface area contributed by atoms with E-state index in [9.17, 15) is 13.2 Å². The van der Waals surface area contributed by atoms with E-state index in [0.29, 0.717) is 24.5 Å². The number of benzene rings is 1. The molecule has 2 N–H and O–H groups in total. The van der Waals surface area contributed by atoms with E-state index >= 15 is 0 Å². The summed E-state index contributed by atoms with van der Waals surface area (Å²) in [5.74, 6) is 0.206. The standard InChI is InChI=1S/C20H31N3O3S.ClH/c1-2-5-16-8-10-18(11-9-16)27(25,26)23-13-4-6-17(15-23)14-22-20(24)19-7-3-12-21-19;/h8-11,17,19,21H,2-7,12-15H2,1H3,(H,22,24);1H. The van der Waals surface area contributed by atoms with Crippen molar-refractivity contribution in [1.82, 2.24) is 14.9 Å². The van der Waals surface area contributed by atoms with Gasteiger partial charge in [-0.2, -0.15) is 4.31 Å². The second-order valence-electron chi connectivity index (χ2n) is 7.66. The van der Waals surface area contributed by atoms with Crippen LogP contribution in [0.25, 0.3) is 0 Å². The van der Waals surface area contributed by atoms with E-state index in [1.165, 1.54) is 0 Å². The van der Waals surface area contributed by atoms with Gasteiger partial charge in [0, 0.05) is 19.6 Å². The summed E-state index contributed by atoms with van der Waals surface area (Å²) in [6.07, 6.45) is 5.69. The van der Waals surface area contributed by atoms with Crippen LogP contribution in [0.1, 0.15) is 44.6 Å². The molecule has 6 nitrogen and oxygen atoms in total. The van der Waals surface area contributed by atoms with Crippen molar-refractivity contribution in [2.75, 3.05) is 26.2 Å². The maximum atomic E-state index is 13.0. The summed E-state index contributed by atoms with van der Waals surface area (Å²) in [5, 5.41) is 6.20. The van der Waals surface area contributed by atoms with Gasteiger partial charge >= 0.3 is 0 Å². The Labute approximate surface area is 174 Å². The first-order chi connectivity index (χ1) is 13.0. The first-order valence-corrected chi connectivity index (χ1v) is 11.5. The molecular weight excluding hydrogens is 398 g/mol. The molecule has 158 valence electrons. The molecule has 1 amide bonds. The van der Waals surface area contributed by atoms with Crippen molar-refractivity contribution in [1.29, 1.82) is 0 Å². The first kappa shape index (κ1) is 23.1. The molecule has 2 unspecified atom stereocenters. The highest BCUT2D eigenvalue weighted by molar-refractivity contribution is 7.89. The van der Waals surface area contributed by atoms with E-state index in [4.69, 9.17) is 0 Å². The fourth-order valence-corrected chi connectivity index (χ4v) is 5.51. The number of rotatable bonds is 7. The number of aryl methyl sites for hydroxylation is 1. The summed E-state index contributed by atoms with van der Waals surface area (Å²) >= 11 is 0. The van der Waals surface area contributed by atoms with Crippen LogP contribution in [0, 0.1) is 5.92 Å². The quantitative estimate of drug-likeness (QED) is 0.697. The second kappa shape index (κ2) is 10.6. The van der Waals surface area contributed by atoms with Crippen molar-refractivity contribution in [3.05, 3.63) is 29.8 Å². The highest BCUT2D eigenvalue weighted by Crippen LogP contribution is 2.24. The maximum absolute atomic E-state index is 13.0. The third-order valence-electron chi connectivity index (χ3n) is 5.52. The molecule has 0 spiro atoms. The van der Waals surface area contributed by atoms with Crippen molar-refractivity contribution >= 4 is 28.3 Å². The molecule has 0 saturated carbocycles. The molecular formula is C20H32ClN3O3S. The average Bonchev–Trinajstić information content (AvgIpc) is 3.22. The average molecular weight is 430 g/mol. The monoisotopic (exact) mass is 429 g/mol. The van der Waals surface area contributed by atoms with Crippen LogP contribution in [-0.2, 0) is 21.2 Å². The lowest BCUT2D eigenvalue weighted by molar-refractivity contribution is -0.123. The molecule has 0 radical (unpaired) electrons. The molecule has 2 atom stereocenters.